The van der Waals surface area contributed by atoms with Crippen LogP contribution in [0.15, 0.2) is 0 Å². The van der Waals surface area contributed by atoms with E-state index in [1.54, 1.807) is 4.90 Å². The van der Waals surface area contributed by atoms with Crippen molar-refractivity contribution in [2.75, 3.05) is 24.6 Å². The summed E-state index contributed by atoms with van der Waals surface area (Å²) in [7, 11) is 0. The molecule has 7 nitrogen and oxygen atoms in total. The average Bonchev–Trinajstić information content (AvgIpc) is 3.13. The van der Waals surface area contributed by atoms with Gasteiger partial charge in [-0.2, -0.15) is 0 Å². The molecule has 3 rings (SSSR count). The standard InChI is InChI=1S/C16H24N4O3S/c1-2-4-12-18-19-15(24-12)20-8-11(7-13(20)22)14(23)17-9-16(10-21)5-3-6-16/h11,21H,2-10H2,1H3,(H,17,23). The van der Waals surface area contributed by atoms with Crippen LogP contribution in [0.1, 0.15) is 44.0 Å². The first-order valence-corrected chi connectivity index (χ1v) is 9.40. The van der Waals surface area contributed by atoms with Gasteiger partial charge in [-0.3, -0.25) is 14.5 Å². The fourth-order valence-corrected chi connectivity index (χ4v) is 4.19. The van der Waals surface area contributed by atoms with Crippen LogP contribution in [0.2, 0.25) is 0 Å². The number of carbonyl (C=O) groups is 2. The highest BCUT2D eigenvalue weighted by Gasteiger charge is 2.40. The molecular weight excluding hydrogens is 328 g/mol. The lowest BCUT2D eigenvalue weighted by Crippen LogP contribution is -2.46. The van der Waals surface area contributed by atoms with Crippen LogP contribution in [0.5, 0.6) is 0 Å². The Kier molecular flexibility index (Phi) is 5.15. The number of anilines is 1. The molecule has 1 aliphatic heterocycles. The molecule has 1 unspecified atom stereocenters. The van der Waals surface area contributed by atoms with E-state index in [2.05, 4.69) is 22.4 Å². The Labute approximate surface area is 145 Å². The van der Waals surface area contributed by atoms with Crippen molar-refractivity contribution in [3.8, 4) is 0 Å². The van der Waals surface area contributed by atoms with Crippen LogP contribution < -0.4 is 10.2 Å². The molecule has 1 saturated carbocycles. The van der Waals surface area contributed by atoms with Gasteiger partial charge in [-0.15, -0.1) is 10.2 Å². The Balaban J connectivity index is 1.56. The average molecular weight is 352 g/mol. The summed E-state index contributed by atoms with van der Waals surface area (Å²) in [5.74, 6) is -0.536. The largest absolute Gasteiger partial charge is 0.396 e. The van der Waals surface area contributed by atoms with Crippen LogP contribution in [0.4, 0.5) is 5.13 Å². The van der Waals surface area contributed by atoms with Gasteiger partial charge in [-0.05, 0) is 19.3 Å². The highest BCUT2D eigenvalue weighted by molar-refractivity contribution is 7.15. The van der Waals surface area contributed by atoms with Crippen molar-refractivity contribution in [3.63, 3.8) is 0 Å². The monoisotopic (exact) mass is 352 g/mol. The summed E-state index contributed by atoms with van der Waals surface area (Å²) in [6.07, 6.45) is 5.05. The minimum atomic E-state index is -0.355. The Morgan fingerprint density at radius 2 is 2.25 bits per heavy atom. The van der Waals surface area contributed by atoms with E-state index in [0.29, 0.717) is 18.2 Å². The van der Waals surface area contributed by atoms with Gasteiger partial charge in [0.25, 0.3) is 0 Å². The van der Waals surface area contributed by atoms with E-state index < -0.39 is 0 Å². The van der Waals surface area contributed by atoms with Gasteiger partial charge in [0, 0.05) is 31.3 Å². The molecule has 24 heavy (non-hydrogen) atoms. The molecule has 0 bridgehead atoms. The molecule has 2 N–H and O–H groups in total. The van der Waals surface area contributed by atoms with E-state index in [9.17, 15) is 14.7 Å². The molecule has 1 atom stereocenters. The van der Waals surface area contributed by atoms with E-state index in [1.807, 2.05) is 0 Å². The highest BCUT2D eigenvalue weighted by atomic mass is 32.1. The number of aliphatic hydroxyl groups is 1. The van der Waals surface area contributed by atoms with E-state index in [-0.39, 0.29) is 36.2 Å². The van der Waals surface area contributed by atoms with Crippen molar-refractivity contribution in [1.82, 2.24) is 15.5 Å². The van der Waals surface area contributed by atoms with Gasteiger partial charge in [-0.25, -0.2) is 0 Å². The minimum absolute atomic E-state index is 0.0742. The van der Waals surface area contributed by atoms with Crippen LogP contribution in [0.25, 0.3) is 0 Å². The molecule has 0 radical (unpaired) electrons. The van der Waals surface area contributed by atoms with E-state index in [0.717, 1.165) is 37.1 Å². The van der Waals surface area contributed by atoms with E-state index in [1.165, 1.54) is 11.3 Å². The number of aryl methyl sites for hydroxylation is 1. The number of nitrogens with zero attached hydrogens (tertiary/aromatic N) is 3. The molecule has 0 spiro atoms. The first-order valence-electron chi connectivity index (χ1n) is 8.58. The van der Waals surface area contributed by atoms with Crippen LogP contribution in [0.3, 0.4) is 0 Å². The number of hydrogen-bond acceptors (Lipinski definition) is 6. The summed E-state index contributed by atoms with van der Waals surface area (Å²) in [5.41, 5.74) is -0.147. The van der Waals surface area contributed by atoms with E-state index >= 15 is 0 Å². The third-order valence-corrected chi connectivity index (χ3v) is 6.04. The summed E-state index contributed by atoms with van der Waals surface area (Å²) in [5, 5.41) is 22.1. The van der Waals surface area contributed by atoms with Crippen molar-refractivity contribution in [2.45, 2.75) is 45.4 Å². The molecular formula is C16H24N4O3S. The zero-order valence-corrected chi connectivity index (χ0v) is 14.8. The van der Waals surface area contributed by atoms with Gasteiger partial charge in [-0.1, -0.05) is 24.7 Å². The number of rotatable bonds is 7. The Morgan fingerprint density at radius 3 is 2.88 bits per heavy atom. The number of hydrogen-bond donors (Lipinski definition) is 2. The van der Waals surface area contributed by atoms with Crippen LogP contribution in [-0.2, 0) is 16.0 Å². The highest BCUT2D eigenvalue weighted by Crippen LogP contribution is 2.39. The molecule has 1 aromatic heterocycles. The zero-order chi connectivity index (χ0) is 17.2. The third-order valence-electron chi connectivity index (χ3n) is 5.03. The topological polar surface area (TPSA) is 95.4 Å². The van der Waals surface area contributed by atoms with Crippen LogP contribution in [0, 0.1) is 11.3 Å². The fraction of sp³-hybridized carbons (Fsp3) is 0.750. The molecule has 2 fully saturated rings. The number of nitrogens with one attached hydrogen (secondary N) is 1. The van der Waals surface area contributed by atoms with Gasteiger partial charge < -0.3 is 10.4 Å². The lowest BCUT2D eigenvalue weighted by atomic mass is 9.69. The molecule has 2 heterocycles. The summed E-state index contributed by atoms with van der Waals surface area (Å²) < 4.78 is 0. The predicted octanol–water partition coefficient (Wildman–Crippen LogP) is 1.12. The number of aliphatic hydroxyl groups excluding tert-OH is 1. The summed E-state index contributed by atoms with van der Waals surface area (Å²) in [6, 6.07) is 0. The fourth-order valence-electron chi connectivity index (χ4n) is 3.22. The first-order chi connectivity index (χ1) is 11.6. The van der Waals surface area contributed by atoms with Gasteiger partial charge in [0.1, 0.15) is 5.01 Å². The maximum atomic E-state index is 12.4. The van der Waals surface area contributed by atoms with Gasteiger partial charge in [0.15, 0.2) is 0 Å². The lowest BCUT2D eigenvalue weighted by Gasteiger charge is -2.40. The van der Waals surface area contributed by atoms with Crippen molar-refractivity contribution >= 4 is 28.3 Å². The molecule has 1 aliphatic carbocycles. The van der Waals surface area contributed by atoms with Crippen LogP contribution >= 0.6 is 11.3 Å². The molecule has 1 saturated heterocycles. The summed E-state index contributed by atoms with van der Waals surface area (Å²) in [6.45, 7) is 3.03. The van der Waals surface area contributed by atoms with Gasteiger partial charge >= 0.3 is 0 Å². The van der Waals surface area contributed by atoms with Gasteiger partial charge in [0.2, 0.25) is 16.9 Å². The quantitative estimate of drug-likeness (QED) is 0.767. The minimum Gasteiger partial charge on any atom is -0.396 e. The Morgan fingerprint density at radius 1 is 1.46 bits per heavy atom. The zero-order valence-electron chi connectivity index (χ0n) is 14.0. The molecule has 132 valence electrons. The number of carbonyl (C=O) groups excluding carboxylic acids is 2. The SMILES string of the molecule is CCCc1nnc(N2CC(C(=O)NCC3(CO)CCC3)CC2=O)s1. The van der Waals surface area contributed by atoms with Crippen molar-refractivity contribution < 1.29 is 14.7 Å². The Bertz CT molecular complexity index is 609. The second-order valence-electron chi connectivity index (χ2n) is 6.86. The van der Waals surface area contributed by atoms with Crippen molar-refractivity contribution in [3.05, 3.63) is 5.01 Å². The summed E-state index contributed by atoms with van der Waals surface area (Å²) in [4.78, 5) is 26.2. The third kappa shape index (κ3) is 3.44. The van der Waals surface area contributed by atoms with Gasteiger partial charge in [0.05, 0.1) is 12.5 Å². The normalized spacial score (nSPS) is 22.5. The second kappa shape index (κ2) is 7.14. The molecule has 2 amide bonds. The summed E-state index contributed by atoms with van der Waals surface area (Å²) >= 11 is 1.42. The molecule has 1 aromatic rings. The second-order valence-corrected chi connectivity index (χ2v) is 7.90. The van der Waals surface area contributed by atoms with Crippen molar-refractivity contribution in [2.24, 2.45) is 11.3 Å². The van der Waals surface area contributed by atoms with Crippen LogP contribution in [-0.4, -0.2) is 46.8 Å². The molecule has 8 heteroatoms. The predicted molar refractivity (Wildman–Crippen MR) is 90.7 cm³/mol. The number of aromatic nitrogens is 2. The maximum absolute atomic E-state index is 12.4. The lowest BCUT2D eigenvalue weighted by molar-refractivity contribution is -0.127. The molecule has 2 aliphatic rings. The number of amides is 2. The smallest absolute Gasteiger partial charge is 0.229 e. The van der Waals surface area contributed by atoms with Crippen molar-refractivity contribution in [1.29, 1.82) is 0 Å². The first kappa shape index (κ1) is 17.3. The van der Waals surface area contributed by atoms with E-state index in [4.69, 9.17) is 0 Å². The Hall–Kier alpha value is -1.54. The molecule has 0 aromatic carbocycles. The maximum Gasteiger partial charge on any atom is 0.229 e.